The Morgan fingerprint density at radius 3 is 2.61 bits per heavy atom. The molecule has 0 spiro atoms. The molecule has 1 aliphatic rings. The molecule has 4 heteroatoms. The van der Waals surface area contributed by atoms with Crippen molar-refractivity contribution < 1.29 is 19.1 Å². The SMILES string of the molecule is CCOC(=O)C1=C(c2ccc(C)cc2)OCC1=O. The van der Waals surface area contributed by atoms with E-state index in [0.29, 0.717) is 5.76 Å². The smallest absolute Gasteiger partial charge is 0.345 e. The molecule has 0 saturated carbocycles. The third-order valence-electron chi connectivity index (χ3n) is 2.65. The van der Waals surface area contributed by atoms with Crippen LogP contribution >= 0.6 is 0 Å². The highest BCUT2D eigenvalue weighted by atomic mass is 16.5. The fourth-order valence-electron chi connectivity index (χ4n) is 1.75. The summed E-state index contributed by atoms with van der Waals surface area (Å²) in [5.41, 5.74) is 1.83. The quantitative estimate of drug-likeness (QED) is 0.603. The van der Waals surface area contributed by atoms with Crippen LogP contribution < -0.4 is 0 Å². The largest absolute Gasteiger partial charge is 0.484 e. The van der Waals surface area contributed by atoms with Crippen LogP contribution in [-0.4, -0.2) is 25.0 Å². The number of rotatable bonds is 3. The van der Waals surface area contributed by atoms with Crippen LogP contribution in [0.25, 0.3) is 5.76 Å². The van der Waals surface area contributed by atoms with Gasteiger partial charge in [0.15, 0.2) is 6.61 Å². The molecule has 2 rings (SSSR count). The minimum atomic E-state index is -0.615. The third kappa shape index (κ3) is 2.27. The van der Waals surface area contributed by atoms with Gasteiger partial charge in [-0.1, -0.05) is 29.8 Å². The molecule has 1 aromatic rings. The summed E-state index contributed by atoms with van der Waals surface area (Å²) in [5, 5.41) is 0. The average Bonchev–Trinajstić information content (AvgIpc) is 2.72. The van der Waals surface area contributed by atoms with Crippen LogP contribution in [-0.2, 0) is 19.1 Å². The van der Waals surface area contributed by atoms with Crippen LogP contribution in [0.4, 0.5) is 0 Å². The molecule has 0 aromatic heterocycles. The van der Waals surface area contributed by atoms with Crippen molar-refractivity contribution in [2.24, 2.45) is 0 Å². The number of esters is 1. The number of hydrogen-bond acceptors (Lipinski definition) is 4. The second kappa shape index (κ2) is 5.04. The molecule has 0 atom stereocenters. The summed E-state index contributed by atoms with van der Waals surface area (Å²) in [7, 11) is 0. The molecule has 1 aromatic carbocycles. The van der Waals surface area contributed by atoms with E-state index < -0.39 is 5.97 Å². The van der Waals surface area contributed by atoms with Crippen molar-refractivity contribution in [2.75, 3.05) is 13.2 Å². The van der Waals surface area contributed by atoms with E-state index in [1.807, 2.05) is 31.2 Å². The van der Waals surface area contributed by atoms with Crippen molar-refractivity contribution in [1.29, 1.82) is 0 Å². The van der Waals surface area contributed by atoms with E-state index in [0.717, 1.165) is 11.1 Å². The van der Waals surface area contributed by atoms with Crippen molar-refractivity contribution in [3.63, 3.8) is 0 Å². The zero-order chi connectivity index (χ0) is 13.1. The number of ether oxygens (including phenoxy) is 2. The topological polar surface area (TPSA) is 52.6 Å². The number of carbonyl (C=O) groups excluding carboxylic acids is 2. The maximum atomic E-state index is 11.7. The number of benzene rings is 1. The van der Waals surface area contributed by atoms with E-state index in [9.17, 15) is 9.59 Å². The Kier molecular flexibility index (Phi) is 3.46. The Morgan fingerprint density at radius 1 is 1.33 bits per heavy atom. The van der Waals surface area contributed by atoms with Gasteiger partial charge in [-0.2, -0.15) is 0 Å². The maximum absolute atomic E-state index is 11.7. The molecule has 18 heavy (non-hydrogen) atoms. The van der Waals surface area contributed by atoms with E-state index in [1.165, 1.54) is 0 Å². The Balaban J connectivity index is 2.41. The van der Waals surface area contributed by atoms with Gasteiger partial charge in [0.25, 0.3) is 0 Å². The molecule has 0 unspecified atom stereocenters. The molecule has 0 amide bonds. The van der Waals surface area contributed by atoms with Gasteiger partial charge in [0, 0.05) is 5.56 Å². The van der Waals surface area contributed by atoms with Gasteiger partial charge in [-0.3, -0.25) is 4.79 Å². The van der Waals surface area contributed by atoms with E-state index >= 15 is 0 Å². The van der Waals surface area contributed by atoms with Crippen molar-refractivity contribution >= 4 is 17.5 Å². The maximum Gasteiger partial charge on any atom is 0.345 e. The van der Waals surface area contributed by atoms with Crippen LogP contribution in [0.3, 0.4) is 0 Å². The summed E-state index contributed by atoms with van der Waals surface area (Å²) in [5.74, 6) is -0.627. The number of Topliss-reactive ketones (excluding diaryl/α,β-unsaturated/α-hetero) is 1. The van der Waals surface area contributed by atoms with Crippen molar-refractivity contribution in [2.45, 2.75) is 13.8 Å². The fourth-order valence-corrected chi connectivity index (χ4v) is 1.75. The minimum Gasteiger partial charge on any atom is -0.484 e. The lowest BCUT2D eigenvalue weighted by atomic mass is 10.1. The Labute approximate surface area is 105 Å². The normalized spacial score (nSPS) is 14.7. The van der Waals surface area contributed by atoms with Crippen molar-refractivity contribution in [3.05, 3.63) is 41.0 Å². The molecule has 0 fully saturated rings. The van der Waals surface area contributed by atoms with Crippen molar-refractivity contribution in [1.82, 2.24) is 0 Å². The van der Waals surface area contributed by atoms with Crippen LogP contribution in [0.2, 0.25) is 0 Å². The first-order valence-corrected chi connectivity index (χ1v) is 5.78. The molecule has 0 radical (unpaired) electrons. The Bertz CT molecular complexity index is 511. The molecule has 0 N–H and O–H groups in total. The fraction of sp³-hybridized carbons (Fsp3) is 0.286. The zero-order valence-electron chi connectivity index (χ0n) is 10.4. The molecule has 0 bridgehead atoms. The van der Waals surface area contributed by atoms with Gasteiger partial charge >= 0.3 is 5.97 Å². The third-order valence-corrected chi connectivity index (χ3v) is 2.65. The van der Waals surface area contributed by atoms with Gasteiger partial charge in [0.2, 0.25) is 5.78 Å². The van der Waals surface area contributed by atoms with E-state index in [1.54, 1.807) is 6.92 Å². The second-order valence-corrected chi connectivity index (χ2v) is 4.00. The average molecular weight is 246 g/mol. The molecule has 94 valence electrons. The monoisotopic (exact) mass is 246 g/mol. The summed E-state index contributed by atoms with van der Waals surface area (Å²) in [6.07, 6.45) is 0. The number of carbonyl (C=O) groups is 2. The van der Waals surface area contributed by atoms with Crippen LogP contribution in [0.1, 0.15) is 18.1 Å². The minimum absolute atomic E-state index is 0.0145. The number of ketones is 1. The Hall–Kier alpha value is -2.10. The molecule has 4 nitrogen and oxygen atoms in total. The highest BCUT2D eigenvalue weighted by molar-refractivity contribution is 6.24. The molecule has 0 aliphatic carbocycles. The highest BCUT2D eigenvalue weighted by Crippen LogP contribution is 2.27. The van der Waals surface area contributed by atoms with Crippen LogP contribution in [0.15, 0.2) is 29.8 Å². The zero-order valence-corrected chi connectivity index (χ0v) is 10.4. The van der Waals surface area contributed by atoms with Gasteiger partial charge < -0.3 is 9.47 Å². The van der Waals surface area contributed by atoms with E-state index in [-0.39, 0.29) is 24.6 Å². The van der Waals surface area contributed by atoms with E-state index in [4.69, 9.17) is 9.47 Å². The second-order valence-electron chi connectivity index (χ2n) is 4.00. The van der Waals surface area contributed by atoms with Gasteiger partial charge in [-0.25, -0.2) is 4.79 Å². The molecule has 1 heterocycles. The van der Waals surface area contributed by atoms with E-state index in [2.05, 4.69) is 0 Å². The summed E-state index contributed by atoms with van der Waals surface area (Å²) in [6, 6.07) is 7.44. The number of hydrogen-bond donors (Lipinski definition) is 0. The first-order chi connectivity index (χ1) is 8.63. The molecule has 1 aliphatic heterocycles. The van der Waals surface area contributed by atoms with Crippen molar-refractivity contribution in [3.8, 4) is 0 Å². The molecular formula is C14H14O4. The summed E-state index contributed by atoms with van der Waals surface area (Å²) in [6.45, 7) is 3.80. The standard InChI is InChI=1S/C14H14O4/c1-3-17-14(16)12-11(15)8-18-13(12)10-6-4-9(2)5-7-10/h4-7H,3,8H2,1-2H3. The molecular weight excluding hydrogens is 232 g/mol. The summed E-state index contributed by atoms with van der Waals surface area (Å²) >= 11 is 0. The van der Waals surface area contributed by atoms with Gasteiger partial charge in [0.1, 0.15) is 11.3 Å². The lowest BCUT2D eigenvalue weighted by Gasteiger charge is -2.05. The predicted molar refractivity (Wildman–Crippen MR) is 65.7 cm³/mol. The van der Waals surface area contributed by atoms with Crippen LogP contribution in [0, 0.1) is 6.92 Å². The van der Waals surface area contributed by atoms with Gasteiger partial charge in [-0.05, 0) is 13.8 Å². The Morgan fingerprint density at radius 2 is 2.00 bits per heavy atom. The van der Waals surface area contributed by atoms with Gasteiger partial charge in [0.05, 0.1) is 6.61 Å². The lowest BCUT2D eigenvalue weighted by molar-refractivity contribution is -0.139. The highest BCUT2D eigenvalue weighted by Gasteiger charge is 2.32. The first-order valence-electron chi connectivity index (χ1n) is 5.78. The number of aryl methyl sites for hydroxylation is 1. The molecule has 0 saturated heterocycles. The predicted octanol–water partition coefficient (Wildman–Crippen LogP) is 1.87. The first kappa shape index (κ1) is 12.4. The van der Waals surface area contributed by atoms with Crippen LogP contribution in [0.5, 0.6) is 0 Å². The summed E-state index contributed by atoms with van der Waals surface area (Å²) in [4.78, 5) is 23.4. The van der Waals surface area contributed by atoms with Gasteiger partial charge in [-0.15, -0.1) is 0 Å². The lowest BCUT2D eigenvalue weighted by Crippen LogP contribution is -2.14. The summed E-state index contributed by atoms with van der Waals surface area (Å²) < 4.78 is 10.2.